The summed E-state index contributed by atoms with van der Waals surface area (Å²) in [5.41, 5.74) is 3.81. The highest BCUT2D eigenvalue weighted by Gasteiger charge is 2.26. The molecule has 1 aliphatic heterocycles. The van der Waals surface area contributed by atoms with E-state index >= 15 is 0 Å². The maximum Gasteiger partial charge on any atom is 0.160 e. The summed E-state index contributed by atoms with van der Waals surface area (Å²) < 4.78 is 5.09. The molecule has 0 unspecified atom stereocenters. The molecule has 1 heterocycles. The molecule has 3 rings (SSSR count). The molecule has 0 amide bonds. The number of methoxy groups -OCH3 is 1. The second kappa shape index (κ2) is 6.71. The Bertz CT molecular complexity index is 744. The van der Waals surface area contributed by atoms with Crippen molar-refractivity contribution < 1.29 is 20.1 Å². The van der Waals surface area contributed by atoms with Gasteiger partial charge in [-0.25, -0.2) is 0 Å². The lowest BCUT2D eigenvalue weighted by Gasteiger charge is -2.35. The van der Waals surface area contributed by atoms with Gasteiger partial charge in [-0.15, -0.1) is 0 Å². The molecule has 3 N–H and O–H groups in total. The Morgan fingerprint density at radius 2 is 1.96 bits per heavy atom. The number of nitrogens with zero attached hydrogens (tertiary/aromatic N) is 1. The fourth-order valence-corrected chi connectivity index (χ4v) is 3.40. The van der Waals surface area contributed by atoms with Crippen molar-refractivity contribution in [1.82, 2.24) is 4.90 Å². The first-order chi connectivity index (χ1) is 11.5. The molecule has 0 spiro atoms. The van der Waals surface area contributed by atoms with Crippen molar-refractivity contribution in [3.8, 4) is 17.2 Å². The van der Waals surface area contributed by atoms with E-state index in [1.807, 2.05) is 12.1 Å². The number of phenols is 2. The number of aliphatic hydroxyl groups excluding tert-OH is 1. The van der Waals surface area contributed by atoms with E-state index < -0.39 is 0 Å². The molecule has 0 fully saturated rings. The number of aliphatic hydroxyl groups is 1. The number of benzene rings is 2. The first-order valence-corrected chi connectivity index (χ1v) is 8.05. The van der Waals surface area contributed by atoms with Gasteiger partial charge >= 0.3 is 0 Å². The van der Waals surface area contributed by atoms with E-state index in [2.05, 4.69) is 11.9 Å². The fraction of sp³-hybridized carbons (Fsp3) is 0.368. The summed E-state index contributed by atoms with van der Waals surface area (Å²) in [6, 6.07) is 9.22. The van der Waals surface area contributed by atoms with Gasteiger partial charge in [0, 0.05) is 18.2 Å². The molecule has 0 bridgehead atoms. The van der Waals surface area contributed by atoms with Crippen molar-refractivity contribution in [2.24, 2.45) is 0 Å². The Morgan fingerprint density at radius 1 is 1.17 bits per heavy atom. The summed E-state index contributed by atoms with van der Waals surface area (Å²) in [5, 5.41) is 29.4. The second-order valence-corrected chi connectivity index (χ2v) is 6.29. The maximum atomic E-state index is 10.1. The van der Waals surface area contributed by atoms with Crippen LogP contribution in [-0.4, -0.2) is 40.9 Å². The van der Waals surface area contributed by atoms with Crippen molar-refractivity contribution in [1.29, 1.82) is 0 Å². The van der Waals surface area contributed by atoms with Crippen molar-refractivity contribution in [3.63, 3.8) is 0 Å². The smallest absolute Gasteiger partial charge is 0.160 e. The molecular formula is C19H23NO4. The van der Waals surface area contributed by atoms with Gasteiger partial charge in [0.25, 0.3) is 0 Å². The summed E-state index contributed by atoms with van der Waals surface area (Å²) in [4.78, 5) is 2.25. The monoisotopic (exact) mass is 329 g/mol. The topological polar surface area (TPSA) is 73.2 Å². The SMILES string of the molecule is COc1ccc(C[C@@H]2c3cc(O)c(CO)cc3CCN2C)cc1O. The van der Waals surface area contributed by atoms with Gasteiger partial charge in [0.15, 0.2) is 11.5 Å². The number of ether oxygens (including phenoxy) is 1. The number of aromatic hydroxyl groups is 2. The molecule has 0 saturated carbocycles. The summed E-state index contributed by atoms with van der Waals surface area (Å²) in [6.45, 7) is 0.751. The van der Waals surface area contributed by atoms with Gasteiger partial charge in [-0.05, 0) is 60.8 Å². The lowest BCUT2D eigenvalue weighted by molar-refractivity contribution is 0.227. The lowest BCUT2D eigenvalue weighted by Crippen LogP contribution is -2.33. The van der Waals surface area contributed by atoms with Gasteiger partial charge in [-0.1, -0.05) is 6.07 Å². The van der Waals surface area contributed by atoms with Gasteiger partial charge < -0.3 is 20.1 Å². The maximum absolute atomic E-state index is 10.1. The summed E-state index contributed by atoms with van der Waals surface area (Å²) in [7, 11) is 3.59. The first kappa shape index (κ1) is 16.6. The summed E-state index contributed by atoms with van der Waals surface area (Å²) in [5.74, 6) is 0.725. The van der Waals surface area contributed by atoms with Crippen LogP contribution < -0.4 is 4.74 Å². The zero-order valence-corrected chi connectivity index (χ0v) is 14.0. The quantitative estimate of drug-likeness (QED) is 0.803. The molecule has 0 saturated heterocycles. The molecule has 1 atom stereocenters. The van der Waals surface area contributed by atoms with E-state index in [4.69, 9.17) is 4.74 Å². The van der Waals surface area contributed by atoms with E-state index in [0.717, 1.165) is 36.1 Å². The van der Waals surface area contributed by atoms with E-state index in [1.165, 1.54) is 7.11 Å². The number of likely N-dealkylation sites (N-methyl/N-ethyl adjacent to an activating group) is 1. The van der Waals surface area contributed by atoms with Crippen LogP contribution in [0.2, 0.25) is 0 Å². The molecule has 0 radical (unpaired) electrons. The van der Waals surface area contributed by atoms with E-state index in [-0.39, 0.29) is 24.1 Å². The van der Waals surface area contributed by atoms with Crippen molar-refractivity contribution in [3.05, 3.63) is 52.6 Å². The van der Waals surface area contributed by atoms with Gasteiger partial charge in [0.1, 0.15) is 5.75 Å². The van der Waals surface area contributed by atoms with Crippen LogP contribution in [0.15, 0.2) is 30.3 Å². The molecule has 2 aromatic carbocycles. The van der Waals surface area contributed by atoms with Crippen LogP contribution in [0.4, 0.5) is 0 Å². The normalized spacial score (nSPS) is 17.5. The highest BCUT2D eigenvalue weighted by atomic mass is 16.5. The Hall–Kier alpha value is -2.24. The number of hydrogen-bond acceptors (Lipinski definition) is 5. The minimum absolute atomic E-state index is 0.111. The van der Waals surface area contributed by atoms with Crippen LogP contribution in [0.5, 0.6) is 17.2 Å². The zero-order chi connectivity index (χ0) is 17.3. The number of hydrogen-bond donors (Lipinski definition) is 3. The molecular weight excluding hydrogens is 306 g/mol. The van der Waals surface area contributed by atoms with Crippen LogP contribution in [0.3, 0.4) is 0 Å². The molecule has 24 heavy (non-hydrogen) atoms. The second-order valence-electron chi connectivity index (χ2n) is 6.29. The molecule has 2 aromatic rings. The van der Waals surface area contributed by atoms with E-state index in [0.29, 0.717) is 11.3 Å². The van der Waals surface area contributed by atoms with Crippen molar-refractivity contribution in [2.45, 2.75) is 25.5 Å². The van der Waals surface area contributed by atoms with Crippen molar-refractivity contribution in [2.75, 3.05) is 20.7 Å². The largest absolute Gasteiger partial charge is 0.508 e. The first-order valence-electron chi connectivity index (χ1n) is 8.05. The van der Waals surface area contributed by atoms with Crippen LogP contribution in [0.25, 0.3) is 0 Å². The Labute approximate surface area is 141 Å². The van der Waals surface area contributed by atoms with Crippen LogP contribution in [-0.2, 0) is 19.4 Å². The minimum atomic E-state index is -0.161. The number of phenolic OH excluding ortho intramolecular Hbond substituents is 1. The van der Waals surface area contributed by atoms with Gasteiger partial charge in [-0.3, -0.25) is 4.90 Å². The minimum Gasteiger partial charge on any atom is -0.508 e. The average Bonchev–Trinajstić information content (AvgIpc) is 2.57. The van der Waals surface area contributed by atoms with E-state index in [9.17, 15) is 15.3 Å². The molecule has 0 aliphatic carbocycles. The Balaban J connectivity index is 1.94. The number of rotatable bonds is 4. The summed E-state index contributed by atoms with van der Waals surface area (Å²) >= 11 is 0. The Kier molecular flexibility index (Phi) is 4.64. The lowest BCUT2D eigenvalue weighted by atomic mass is 9.87. The third kappa shape index (κ3) is 3.05. The molecule has 0 aromatic heterocycles. The third-order valence-corrected chi connectivity index (χ3v) is 4.81. The average molecular weight is 329 g/mol. The van der Waals surface area contributed by atoms with Gasteiger partial charge in [0.2, 0.25) is 0 Å². The summed E-state index contributed by atoms with van der Waals surface area (Å²) in [6.07, 6.45) is 1.61. The van der Waals surface area contributed by atoms with Gasteiger partial charge in [0.05, 0.1) is 13.7 Å². The molecule has 1 aliphatic rings. The predicted octanol–water partition coefficient (Wildman–Crippen LogP) is 2.37. The zero-order valence-electron chi connectivity index (χ0n) is 14.0. The van der Waals surface area contributed by atoms with Crippen LogP contribution in [0.1, 0.15) is 28.3 Å². The standard InChI is InChI=1S/C19H23NO4/c1-20-6-5-13-9-14(11-21)17(22)10-15(13)16(20)7-12-3-4-19(24-2)18(23)8-12/h3-4,8-10,16,21-23H,5-7,11H2,1-2H3/t16-/m1/s1. The van der Waals surface area contributed by atoms with E-state index in [1.54, 1.807) is 18.2 Å². The van der Waals surface area contributed by atoms with Gasteiger partial charge in [-0.2, -0.15) is 0 Å². The third-order valence-electron chi connectivity index (χ3n) is 4.81. The van der Waals surface area contributed by atoms with Crippen LogP contribution in [0, 0.1) is 0 Å². The Morgan fingerprint density at radius 3 is 2.62 bits per heavy atom. The molecule has 128 valence electrons. The van der Waals surface area contributed by atoms with Crippen LogP contribution >= 0.6 is 0 Å². The fourth-order valence-electron chi connectivity index (χ4n) is 3.40. The molecule has 5 heteroatoms. The highest BCUT2D eigenvalue weighted by molar-refractivity contribution is 5.46. The number of fused-ring (bicyclic) bond motifs is 1. The predicted molar refractivity (Wildman–Crippen MR) is 91.5 cm³/mol. The van der Waals surface area contributed by atoms with Crippen molar-refractivity contribution >= 4 is 0 Å². The highest BCUT2D eigenvalue weighted by Crippen LogP contribution is 2.36. The molecule has 5 nitrogen and oxygen atoms in total.